The van der Waals surface area contributed by atoms with Gasteiger partial charge >= 0.3 is 5.92 Å². The van der Waals surface area contributed by atoms with Crippen LogP contribution in [-0.2, 0) is 10.7 Å². The van der Waals surface area contributed by atoms with Gasteiger partial charge < -0.3 is 10.1 Å². The number of rotatable bonds is 6. The Morgan fingerprint density at radius 2 is 1.91 bits per heavy atom. The fourth-order valence-corrected chi connectivity index (χ4v) is 2.15. The van der Waals surface area contributed by atoms with Gasteiger partial charge in [0.25, 0.3) is 5.91 Å². The first-order chi connectivity index (χ1) is 11.0. The standard InChI is InChI=1S/C17H18F2N2O2/c1-3-23-15-7-5-4-6-14(15)17(18,19)16(22)21-12(2)13-8-10-20-11-9-13/h4-12H,3H2,1-2H3,(H,21,22)/t12-/m1/s1. The number of carbonyl (C=O) groups excluding carboxylic acids is 1. The van der Waals surface area contributed by atoms with Crippen LogP contribution in [0.2, 0.25) is 0 Å². The monoisotopic (exact) mass is 320 g/mol. The summed E-state index contributed by atoms with van der Waals surface area (Å²) in [6, 6.07) is 8.42. The van der Waals surface area contributed by atoms with Crippen molar-refractivity contribution >= 4 is 5.91 Å². The second-order valence-corrected chi connectivity index (χ2v) is 4.98. The van der Waals surface area contributed by atoms with Gasteiger partial charge in [0.15, 0.2) is 0 Å². The van der Waals surface area contributed by atoms with Gasteiger partial charge in [-0.2, -0.15) is 8.78 Å². The van der Waals surface area contributed by atoms with Crippen LogP contribution in [0.4, 0.5) is 8.78 Å². The molecule has 1 aromatic heterocycles. The van der Waals surface area contributed by atoms with Gasteiger partial charge in [0.05, 0.1) is 18.2 Å². The molecule has 2 rings (SSSR count). The Labute approximate surface area is 133 Å². The minimum absolute atomic E-state index is 0.00622. The molecule has 0 saturated carbocycles. The van der Waals surface area contributed by atoms with E-state index in [0.717, 1.165) is 0 Å². The second-order valence-electron chi connectivity index (χ2n) is 4.98. The first kappa shape index (κ1) is 16.9. The zero-order chi connectivity index (χ0) is 16.9. The molecule has 0 aliphatic carbocycles. The molecule has 0 aliphatic heterocycles. The Hall–Kier alpha value is -2.50. The lowest BCUT2D eigenvalue weighted by molar-refractivity contribution is -0.148. The fourth-order valence-electron chi connectivity index (χ4n) is 2.15. The fraction of sp³-hybridized carbons (Fsp3) is 0.294. The van der Waals surface area contributed by atoms with Gasteiger partial charge in [0.1, 0.15) is 5.75 Å². The van der Waals surface area contributed by atoms with Gasteiger partial charge in [-0.3, -0.25) is 9.78 Å². The van der Waals surface area contributed by atoms with E-state index in [1.54, 1.807) is 44.4 Å². The van der Waals surface area contributed by atoms with Crippen molar-refractivity contribution in [1.29, 1.82) is 0 Å². The summed E-state index contributed by atoms with van der Waals surface area (Å²) < 4.78 is 34.2. The van der Waals surface area contributed by atoms with Crippen LogP contribution in [-0.4, -0.2) is 17.5 Å². The molecule has 2 aromatic rings. The normalized spacial score (nSPS) is 12.5. The number of hydrogen-bond donors (Lipinski definition) is 1. The summed E-state index contributed by atoms with van der Waals surface area (Å²) in [4.78, 5) is 15.9. The van der Waals surface area contributed by atoms with Crippen LogP contribution in [0.15, 0.2) is 48.8 Å². The van der Waals surface area contributed by atoms with Crippen molar-refractivity contribution in [1.82, 2.24) is 10.3 Å². The van der Waals surface area contributed by atoms with Crippen LogP contribution in [0.1, 0.15) is 31.0 Å². The van der Waals surface area contributed by atoms with Gasteiger partial charge in [-0.05, 0) is 43.7 Å². The van der Waals surface area contributed by atoms with E-state index in [1.807, 2.05) is 0 Å². The van der Waals surface area contributed by atoms with E-state index in [2.05, 4.69) is 10.3 Å². The summed E-state index contributed by atoms with van der Waals surface area (Å²) in [5, 5.41) is 2.33. The molecule has 0 saturated heterocycles. The lowest BCUT2D eigenvalue weighted by atomic mass is 10.0. The highest BCUT2D eigenvalue weighted by atomic mass is 19.3. The van der Waals surface area contributed by atoms with E-state index in [4.69, 9.17) is 4.74 Å². The summed E-state index contributed by atoms with van der Waals surface area (Å²) in [5.74, 6) is -5.05. The number of halogens is 2. The Kier molecular flexibility index (Phi) is 5.26. The number of alkyl halides is 2. The summed E-state index contributed by atoms with van der Waals surface area (Å²) in [6.45, 7) is 3.57. The van der Waals surface area contributed by atoms with Crippen molar-refractivity contribution in [3.05, 3.63) is 59.9 Å². The number of aromatic nitrogens is 1. The molecule has 4 nitrogen and oxygen atoms in total. The molecule has 0 radical (unpaired) electrons. The van der Waals surface area contributed by atoms with Gasteiger partial charge in [0, 0.05) is 12.4 Å². The summed E-state index contributed by atoms with van der Waals surface area (Å²) in [7, 11) is 0. The van der Waals surface area contributed by atoms with E-state index >= 15 is 0 Å². The molecular weight excluding hydrogens is 302 g/mol. The van der Waals surface area contributed by atoms with Crippen LogP contribution in [0.25, 0.3) is 0 Å². The Bertz CT molecular complexity index is 663. The summed E-state index contributed by atoms with van der Waals surface area (Å²) in [6.07, 6.45) is 3.08. The predicted molar refractivity (Wildman–Crippen MR) is 82.3 cm³/mol. The quantitative estimate of drug-likeness (QED) is 0.887. The predicted octanol–water partition coefficient (Wildman–Crippen LogP) is 3.45. The van der Waals surface area contributed by atoms with E-state index in [9.17, 15) is 13.6 Å². The SMILES string of the molecule is CCOc1ccccc1C(F)(F)C(=O)N[C@H](C)c1ccncc1. The molecule has 0 spiro atoms. The maximum atomic E-state index is 14.5. The number of para-hydroxylation sites is 1. The number of amides is 1. The number of pyridine rings is 1. The minimum Gasteiger partial charge on any atom is -0.493 e. The molecule has 0 bridgehead atoms. The van der Waals surface area contributed by atoms with E-state index in [1.165, 1.54) is 18.2 Å². The van der Waals surface area contributed by atoms with E-state index in [-0.39, 0.29) is 12.4 Å². The number of carbonyl (C=O) groups is 1. The van der Waals surface area contributed by atoms with Crippen molar-refractivity contribution in [3.8, 4) is 5.75 Å². The zero-order valence-corrected chi connectivity index (χ0v) is 12.9. The molecule has 0 aliphatic rings. The molecule has 1 aromatic carbocycles. The van der Waals surface area contributed by atoms with E-state index in [0.29, 0.717) is 5.56 Å². The van der Waals surface area contributed by atoms with Crippen LogP contribution in [0.5, 0.6) is 5.75 Å². The van der Waals surface area contributed by atoms with Gasteiger partial charge in [-0.15, -0.1) is 0 Å². The van der Waals surface area contributed by atoms with Crippen LogP contribution in [0.3, 0.4) is 0 Å². The van der Waals surface area contributed by atoms with Gasteiger partial charge in [-0.25, -0.2) is 0 Å². The number of benzene rings is 1. The van der Waals surface area contributed by atoms with Gasteiger partial charge in [-0.1, -0.05) is 12.1 Å². The number of nitrogens with zero attached hydrogens (tertiary/aromatic N) is 1. The number of hydrogen-bond acceptors (Lipinski definition) is 3. The zero-order valence-electron chi connectivity index (χ0n) is 12.9. The average molecular weight is 320 g/mol. The molecule has 122 valence electrons. The molecule has 1 heterocycles. The van der Waals surface area contributed by atoms with Crippen LogP contribution >= 0.6 is 0 Å². The summed E-state index contributed by atoms with van der Waals surface area (Å²) in [5.41, 5.74) is 0.253. The van der Waals surface area contributed by atoms with Crippen molar-refractivity contribution in [2.75, 3.05) is 6.61 Å². The maximum absolute atomic E-state index is 14.5. The lowest BCUT2D eigenvalue weighted by Gasteiger charge is -2.22. The largest absolute Gasteiger partial charge is 0.493 e. The molecule has 1 N–H and O–H groups in total. The highest BCUT2D eigenvalue weighted by Gasteiger charge is 2.43. The Balaban J connectivity index is 2.20. The van der Waals surface area contributed by atoms with Crippen LogP contribution < -0.4 is 10.1 Å². The number of nitrogens with one attached hydrogen (secondary N) is 1. The second kappa shape index (κ2) is 7.17. The van der Waals surface area contributed by atoms with Crippen molar-refractivity contribution in [3.63, 3.8) is 0 Å². The molecule has 6 heteroatoms. The topological polar surface area (TPSA) is 51.2 Å². The highest BCUT2D eigenvalue weighted by molar-refractivity contribution is 5.85. The highest BCUT2D eigenvalue weighted by Crippen LogP contribution is 2.35. The number of ether oxygens (including phenoxy) is 1. The minimum atomic E-state index is -3.69. The molecule has 0 unspecified atom stereocenters. The van der Waals surface area contributed by atoms with Crippen molar-refractivity contribution in [2.45, 2.75) is 25.8 Å². The Morgan fingerprint density at radius 3 is 2.57 bits per heavy atom. The third kappa shape index (κ3) is 3.83. The molecule has 1 atom stereocenters. The van der Waals surface area contributed by atoms with Gasteiger partial charge in [0.2, 0.25) is 0 Å². The molecule has 23 heavy (non-hydrogen) atoms. The van der Waals surface area contributed by atoms with Crippen molar-refractivity contribution < 1.29 is 18.3 Å². The third-order valence-corrected chi connectivity index (χ3v) is 3.36. The molecule has 1 amide bonds. The molecule has 0 fully saturated rings. The summed E-state index contributed by atoms with van der Waals surface area (Å²) >= 11 is 0. The molecular formula is C17H18F2N2O2. The first-order valence-corrected chi connectivity index (χ1v) is 7.27. The van der Waals surface area contributed by atoms with Crippen molar-refractivity contribution in [2.24, 2.45) is 0 Å². The Morgan fingerprint density at radius 1 is 1.26 bits per heavy atom. The third-order valence-electron chi connectivity index (χ3n) is 3.36. The maximum Gasteiger partial charge on any atom is 0.353 e. The smallest absolute Gasteiger partial charge is 0.353 e. The van der Waals surface area contributed by atoms with E-state index < -0.39 is 23.4 Å². The van der Waals surface area contributed by atoms with Crippen LogP contribution in [0, 0.1) is 0 Å². The lowest BCUT2D eigenvalue weighted by Crippen LogP contribution is -2.39. The average Bonchev–Trinajstić information content (AvgIpc) is 2.56. The first-order valence-electron chi connectivity index (χ1n) is 7.27.